The quantitative estimate of drug-likeness (QED) is 0.484. The van der Waals surface area contributed by atoms with Crippen LogP contribution < -0.4 is 0 Å². The van der Waals surface area contributed by atoms with E-state index in [9.17, 15) is 4.79 Å². The highest BCUT2D eigenvalue weighted by Gasteiger charge is 2.31. The molecule has 78 valence electrons. The summed E-state index contributed by atoms with van der Waals surface area (Å²) in [7, 11) is 0. The van der Waals surface area contributed by atoms with Crippen LogP contribution in [0.1, 0.15) is 19.3 Å². The van der Waals surface area contributed by atoms with Crippen molar-refractivity contribution in [2.45, 2.75) is 25.4 Å². The largest absolute Gasteiger partial charge is 0.411 e. The first kappa shape index (κ1) is 9.45. The van der Waals surface area contributed by atoms with E-state index in [2.05, 4.69) is 5.16 Å². The molecule has 0 aliphatic carbocycles. The molecule has 1 amide bonds. The van der Waals surface area contributed by atoms with E-state index in [-0.39, 0.29) is 12.0 Å². The van der Waals surface area contributed by atoms with E-state index in [4.69, 9.17) is 9.94 Å². The van der Waals surface area contributed by atoms with E-state index in [0.717, 1.165) is 12.8 Å². The van der Waals surface area contributed by atoms with Gasteiger partial charge in [-0.15, -0.1) is 0 Å². The molecule has 2 saturated heterocycles. The summed E-state index contributed by atoms with van der Waals surface area (Å²) in [6.07, 6.45) is 2.20. The first-order chi connectivity index (χ1) is 6.81. The van der Waals surface area contributed by atoms with E-state index in [1.54, 1.807) is 4.90 Å². The van der Waals surface area contributed by atoms with Crippen LogP contribution in [0.15, 0.2) is 5.16 Å². The van der Waals surface area contributed by atoms with E-state index in [0.29, 0.717) is 31.8 Å². The van der Waals surface area contributed by atoms with Gasteiger partial charge < -0.3 is 14.8 Å². The van der Waals surface area contributed by atoms with Gasteiger partial charge in [0, 0.05) is 19.6 Å². The number of oxime groups is 1. The molecule has 2 fully saturated rings. The summed E-state index contributed by atoms with van der Waals surface area (Å²) >= 11 is 0. The molecule has 2 aliphatic heterocycles. The normalized spacial score (nSPS) is 30.1. The highest BCUT2D eigenvalue weighted by atomic mass is 16.5. The van der Waals surface area contributed by atoms with E-state index >= 15 is 0 Å². The summed E-state index contributed by atoms with van der Waals surface area (Å²) in [5, 5.41) is 11.7. The standard InChI is InChI=1S/C9H14N2O3/c12-9(8-2-1-5-14-8)11-4-3-7(6-11)10-13/h8,13H,1-6H2/b10-7+. The smallest absolute Gasteiger partial charge is 0.252 e. The minimum absolute atomic E-state index is 0.0427. The number of carbonyl (C=O) groups excluding carboxylic acids is 1. The predicted molar refractivity (Wildman–Crippen MR) is 49.4 cm³/mol. The number of hydrogen-bond donors (Lipinski definition) is 1. The topological polar surface area (TPSA) is 62.1 Å². The van der Waals surface area contributed by atoms with Gasteiger partial charge in [-0.05, 0) is 12.8 Å². The fraction of sp³-hybridized carbons (Fsp3) is 0.778. The molecular formula is C9H14N2O3. The average molecular weight is 198 g/mol. The summed E-state index contributed by atoms with van der Waals surface area (Å²) in [6, 6.07) is 0. The lowest BCUT2D eigenvalue weighted by atomic mass is 10.2. The van der Waals surface area contributed by atoms with E-state index in [1.165, 1.54) is 0 Å². The number of hydrogen-bond acceptors (Lipinski definition) is 4. The Bertz CT molecular complexity index is 259. The Morgan fingerprint density at radius 2 is 2.50 bits per heavy atom. The van der Waals surface area contributed by atoms with Gasteiger partial charge in [0.05, 0.1) is 12.3 Å². The molecule has 0 radical (unpaired) electrons. The van der Waals surface area contributed by atoms with Gasteiger partial charge in [-0.25, -0.2) is 0 Å². The number of nitrogens with zero attached hydrogens (tertiary/aromatic N) is 2. The van der Waals surface area contributed by atoms with Crippen LogP contribution in [-0.2, 0) is 9.53 Å². The molecule has 1 atom stereocenters. The molecule has 0 bridgehead atoms. The second-order valence-corrected chi connectivity index (χ2v) is 3.68. The molecular weight excluding hydrogens is 184 g/mol. The van der Waals surface area contributed by atoms with Crippen molar-refractivity contribution in [1.29, 1.82) is 0 Å². The zero-order valence-corrected chi connectivity index (χ0v) is 7.98. The van der Waals surface area contributed by atoms with Crippen LogP contribution in [0.3, 0.4) is 0 Å². The molecule has 14 heavy (non-hydrogen) atoms. The van der Waals surface area contributed by atoms with Crippen molar-refractivity contribution in [3.63, 3.8) is 0 Å². The summed E-state index contributed by atoms with van der Waals surface area (Å²) in [5.74, 6) is 0.0427. The Hall–Kier alpha value is -1.10. The number of rotatable bonds is 1. The summed E-state index contributed by atoms with van der Waals surface area (Å²) in [5.41, 5.74) is 0.677. The zero-order chi connectivity index (χ0) is 9.97. The first-order valence-electron chi connectivity index (χ1n) is 4.91. The number of likely N-dealkylation sites (tertiary alicyclic amines) is 1. The van der Waals surface area contributed by atoms with Crippen LogP contribution in [0.5, 0.6) is 0 Å². The van der Waals surface area contributed by atoms with Crippen LogP contribution in [0.4, 0.5) is 0 Å². The van der Waals surface area contributed by atoms with Gasteiger partial charge in [0.1, 0.15) is 6.10 Å². The fourth-order valence-corrected chi connectivity index (χ4v) is 1.89. The third-order valence-corrected chi connectivity index (χ3v) is 2.70. The van der Waals surface area contributed by atoms with Gasteiger partial charge in [-0.3, -0.25) is 4.79 Å². The van der Waals surface area contributed by atoms with Crippen LogP contribution in [0, 0.1) is 0 Å². The van der Waals surface area contributed by atoms with Gasteiger partial charge in [-0.2, -0.15) is 0 Å². The van der Waals surface area contributed by atoms with Gasteiger partial charge in [0.25, 0.3) is 5.91 Å². The molecule has 2 aliphatic rings. The van der Waals surface area contributed by atoms with Gasteiger partial charge >= 0.3 is 0 Å². The van der Waals surface area contributed by atoms with Gasteiger partial charge in [-0.1, -0.05) is 5.16 Å². The molecule has 2 heterocycles. The molecule has 0 aromatic heterocycles. The van der Waals surface area contributed by atoms with Gasteiger partial charge in [0.2, 0.25) is 0 Å². The predicted octanol–water partition coefficient (Wildman–Crippen LogP) is 0.228. The Labute approximate surface area is 82.3 Å². The molecule has 1 N–H and O–H groups in total. The number of carbonyl (C=O) groups is 1. The third-order valence-electron chi connectivity index (χ3n) is 2.70. The SMILES string of the molecule is O=C(C1CCCO1)N1CC/C(=N\O)C1. The molecule has 5 nitrogen and oxygen atoms in total. The number of ether oxygens (including phenoxy) is 1. The minimum Gasteiger partial charge on any atom is -0.411 e. The second kappa shape index (κ2) is 3.96. The van der Waals surface area contributed by atoms with E-state index < -0.39 is 0 Å². The lowest BCUT2D eigenvalue weighted by Gasteiger charge is -2.18. The Kier molecular flexibility index (Phi) is 2.67. The van der Waals surface area contributed by atoms with Crippen molar-refractivity contribution < 1.29 is 14.7 Å². The first-order valence-corrected chi connectivity index (χ1v) is 4.91. The Balaban J connectivity index is 1.92. The van der Waals surface area contributed by atoms with E-state index in [1.807, 2.05) is 0 Å². The number of amides is 1. The van der Waals surface area contributed by atoms with Crippen LogP contribution in [-0.4, -0.2) is 47.5 Å². The molecule has 0 saturated carbocycles. The molecule has 5 heteroatoms. The van der Waals surface area contributed by atoms with Crippen molar-refractivity contribution in [3.05, 3.63) is 0 Å². The monoisotopic (exact) mass is 198 g/mol. The second-order valence-electron chi connectivity index (χ2n) is 3.68. The molecule has 0 aromatic carbocycles. The molecule has 1 unspecified atom stereocenters. The lowest BCUT2D eigenvalue weighted by Crippen LogP contribution is -2.37. The van der Waals surface area contributed by atoms with Crippen molar-refractivity contribution >= 4 is 11.6 Å². The molecule has 0 spiro atoms. The fourth-order valence-electron chi connectivity index (χ4n) is 1.89. The Morgan fingerprint density at radius 3 is 3.07 bits per heavy atom. The summed E-state index contributed by atoms with van der Waals surface area (Å²) in [4.78, 5) is 13.5. The lowest BCUT2D eigenvalue weighted by molar-refractivity contribution is -0.139. The Morgan fingerprint density at radius 1 is 1.64 bits per heavy atom. The zero-order valence-electron chi connectivity index (χ0n) is 7.98. The minimum atomic E-state index is -0.256. The molecule has 0 aromatic rings. The van der Waals surface area contributed by atoms with Crippen LogP contribution in [0.2, 0.25) is 0 Å². The third kappa shape index (κ3) is 1.72. The molecule has 2 rings (SSSR count). The average Bonchev–Trinajstić information content (AvgIpc) is 2.88. The maximum Gasteiger partial charge on any atom is 0.252 e. The summed E-state index contributed by atoms with van der Waals surface area (Å²) in [6.45, 7) is 1.79. The van der Waals surface area contributed by atoms with Crippen molar-refractivity contribution in [2.24, 2.45) is 5.16 Å². The summed E-state index contributed by atoms with van der Waals surface area (Å²) < 4.78 is 5.30. The van der Waals surface area contributed by atoms with Crippen molar-refractivity contribution in [1.82, 2.24) is 4.90 Å². The van der Waals surface area contributed by atoms with Gasteiger partial charge in [0.15, 0.2) is 0 Å². The van der Waals surface area contributed by atoms with Crippen molar-refractivity contribution in [3.8, 4) is 0 Å². The maximum atomic E-state index is 11.8. The van der Waals surface area contributed by atoms with Crippen molar-refractivity contribution in [2.75, 3.05) is 19.7 Å². The van der Waals surface area contributed by atoms with Crippen LogP contribution in [0.25, 0.3) is 0 Å². The highest BCUT2D eigenvalue weighted by Crippen LogP contribution is 2.17. The maximum absolute atomic E-state index is 11.8. The highest BCUT2D eigenvalue weighted by molar-refractivity contribution is 5.94. The van der Waals surface area contributed by atoms with Crippen LogP contribution >= 0.6 is 0 Å².